The van der Waals surface area contributed by atoms with Crippen LogP contribution in [0.25, 0.3) is 0 Å². The van der Waals surface area contributed by atoms with Crippen molar-refractivity contribution in [3.63, 3.8) is 0 Å². The Morgan fingerprint density at radius 1 is 1.00 bits per heavy atom. The lowest BCUT2D eigenvalue weighted by molar-refractivity contribution is -0.156. The number of nitrogens with zero attached hydrogens (tertiary/aromatic N) is 1. The molecule has 0 bridgehead atoms. The maximum atomic E-state index is 12.6. The van der Waals surface area contributed by atoms with Gasteiger partial charge < -0.3 is 10.0 Å². The molecule has 1 aliphatic carbocycles. The molecule has 0 aromatic carbocycles. The van der Waals surface area contributed by atoms with Gasteiger partial charge in [-0.25, -0.2) is 4.79 Å². The molecule has 1 amide bonds. The highest BCUT2D eigenvalue weighted by Gasteiger charge is 2.39. The second-order valence-electron chi connectivity index (χ2n) is 6.12. The van der Waals surface area contributed by atoms with Gasteiger partial charge in [0, 0.05) is 12.5 Å². The average molecular weight is 267 g/mol. The molecule has 1 saturated carbocycles. The fraction of sp³-hybridized carbons (Fsp3) is 0.867. The molecule has 4 heteroatoms. The monoisotopic (exact) mass is 267 g/mol. The van der Waals surface area contributed by atoms with Crippen molar-refractivity contribution in [3.05, 3.63) is 0 Å². The van der Waals surface area contributed by atoms with Crippen LogP contribution in [0.1, 0.15) is 58.3 Å². The number of carboxylic acids is 1. The zero-order chi connectivity index (χ0) is 13.8. The number of aliphatic carboxylic acids is 1. The van der Waals surface area contributed by atoms with Crippen molar-refractivity contribution in [2.75, 3.05) is 6.54 Å². The van der Waals surface area contributed by atoms with E-state index in [9.17, 15) is 14.7 Å². The standard InChI is InChI=1S/C15H25NO3/c1-11-7-6-10-16(13(11)15(18)19)14(17)12-8-4-2-3-5-9-12/h11-13H,2-10H2,1H3,(H,18,19). The zero-order valence-corrected chi connectivity index (χ0v) is 11.8. The van der Waals surface area contributed by atoms with Crippen molar-refractivity contribution in [2.24, 2.45) is 11.8 Å². The van der Waals surface area contributed by atoms with Gasteiger partial charge in [-0.05, 0) is 31.6 Å². The second-order valence-corrected chi connectivity index (χ2v) is 6.12. The van der Waals surface area contributed by atoms with Crippen LogP contribution in [0.5, 0.6) is 0 Å². The Morgan fingerprint density at radius 3 is 2.21 bits per heavy atom. The van der Waals surface area contributed by atoms with Crippen molar-refractivity contribution in [1.29, 1.82) is 0 Å². The van der Waals surface area contributed by atoms with E-state index >= 15 is 0 Å². The normalized spacial score (nSPS) is 29.8. The summed E-state index contributed by atoms with van der Waals surface area (Å²) in [5, 5.41) is 9.39. The number of hydrogen-bond acceptors (Lipinski definition) is 2. The van der Waals surface area contributed by atoms with Gasteiger partial charge in [0.2, 0.25) is 5.91 Å². The Bertz CT molecular complexity index is 334. The van der Waals surface area contributed by atoms with Gasteiger partial charge in [0.1, 0.15) is 6.04 Å². The lowest BCUT2D eigenvalue weighted by Gasteiger charge is -2.39. The van der Waals surface area contributed by atoms with Gasteiger partial charge in [-0.2, -0.15) is 0 Å². The smallest absolute Gasteiger partial charge is 0.326 e. The Kier molecular flexibility index (Phi) is 4.83. The molecule has 0 spiro atoms. The topological polar surface area (TPSA) is 57.6 Å². The summed E-state index contributed by atoms with van der Waals surface area (Å²) in [4.78, 5) is 25.7. The number of carbonyl (C=O) groups excluding carboxylic acids is 1. The third-order valence-electron chi connectivity index (χ3n) is 4.67. The molecule has 4 nitrogen and oxygen atoms in total. The summed E-state index contributed by atoms with van der Waals surface area (Å²) in [5.74, 6) is -0.606. The molecule has 2 aliphatic rings. The van der Waals surface area contributed by atoms with E-state index in [1.807, 2.05) is 6.92 Å². The molecule has 108 valence electrons. The number of carbonyl (C=O) groups is 2. The molecule has 2 fully saturated rings. The molecule has 2 unspecified atom stereocenters. The summed E-state index contributed by atoms with van der Waals surface area (Å²) >= 11 is 0. The molecule has 19 heavy (non-hydrogen) atoms. The number of hydrogen-bond donors (Lipinski definition) is 1. The summed E-state index contributed by atoms with van der Waals surface area (Å²) in [6.07, 6.45) is 8.36. The Balaban J connectivity index is 2.08. The van der Waals surface area contributed by atoms with Gasteiger partial charge in [-0.3, -0.25) is 4.79 Å². The Labute approximate surface area is 115 Å². The van der Waals surface area contributed by atoms with E-state index in [1.54, 1.807) is 4.90 Å². The quantitative estimate of drug-likeness (QED) is 0.783. The van der Waals surface area contributed by atoms with E-state index in [0.29, 0.717) is 6.54 Å². The van der Waals surface area contributed by atoms with Crippen LogP contribution in [-0.4, -0.2) is 34.5 Å². The number of amides is 1. The van der Waals surface area contributed by atoms with Crippen LogP contribution in [0, 0.1) is 11.8 Å². The first-order chi connectivity index (χ1) is 9.11. The van der Waals surface area contributed by atoms with Crippen LogP contribution < -0.4 is 0 Å². The minimum atomic E-state index is -0.839. The molecule has 0 aromatic heterocycles. The van der Waals surface area contributed by atoms with Gasteiger partial charge in [0.15, 0.2) is 0 Å². The van der Waals surface area contributed by atoms with Gasteiger partial charge in [-0.15, -0.1) is 0 Å². The molecule has 1 N–H and O–H groups in total. The lowest BCUT2D eigenvalue weighted by atomic mass is 9.88. The summed E-state index contributed by atoms with van der Waals surface area (Å²) in [6.45, 7) is 2.57. The van der Waals surface area contributed by atoms with Crippen molar-refractivity contribution in [1.82, 2.24) is 4.90 Å². The van der Waals surface area contributed by atoms with Gasteiger partial charge in [0.25, 0.3) is 0 Å². The Hall–Kier alpha value is -1.06. The van der Waals surface area contributed by atoms with Gasteiger partial charge in [-0.1, -0.05) is 32.6 Å². The molecule has 2 atom stereocenters. The third kappa shape index (κ3) is 3.28. The highest BCUT2D eigenvalue weighted by atomic mass is 16.4. The summed E-state index contributed by atoms with van der Waals surface area (Å²) in [7, 11) is 0. The molecule has 0 radical (unpaired) electrons. The minimum Gasteiger partial charge on any atom is -0.480 e. The molecule has 1 aliphatic heterocycles. The number of rotatable bonds is 2. The van der Waals surface area contributed by atoms with Crippen LogP contribution in [0.15, 0.2) is 0 Å². The van der Waals surface area contributed by atoms with Crippen molar-refractivity contribution in [3.8, 4) is 0 Å². The van der Waals surface area contributed by atoms with E-state index in [0.717, 1.165) is 38.5 Å². The van der Waals surface area contributed by atoms with Crippen molar-refractivity contribution < 1.29 is 14.7 Å². The summed E-state index contributed by atoms with van der Waals surface area (Å²) < 4.78 is 0. The predicted octanol–water partition coefficient (Wildman–Crippen LogP) is 2.67. The zero-order valence-electron chi connectivity index (χ0n) is 11.8. The minimum absolute atomic E-state index is 0.0645. The molecule has 2 rings (SSSR count). The Morgan fingerprint density at radius 2 is 1.63 bits per heavy atom. The third-order valence-corrected chi connectivity index (χ3v) is 4.67. The average Bonchev–Trinajstić information content (AvgIpc) is 2.66. The first-order valence-corrected chi connectivity index (χ1v) is 7.64. The molecule has 1 heterocycles. The first kappa shape index (κ1) is 14.4. The van der Waals surface area contributed by atoms with Crippen molar-refractivity contribution in [2.45, 2.75) is 64.3 Å². The first-order valence-electron chi connectivity index (χ1n) is 7.64. The van der Waals surface area contributed by atoms with E-state index in [2.05, 4.69) is 0 Å². The largest absolute Gasteiger partial charge is 0.480 e. The molecule has 0 aromatic rings. The number of carboxylic acid groups (broad SMARTS) is 1. The maximum absolute atomic E-state index is 12.6. The highest BCUT2D eigenvalue weighted by molar-refractivity contribution is 5.85. The van der Waals surface area contributed by atoms with Crippen LogP contribution in [-0.2, 0) is 9.59 Å². The van der Waals surface area contributed by atoms with E-state index in [4.69, 9.17) is 0 Å². The van der Waals surface area contributed by atoms with Crippen LogP contribution in [0.2, 0.25) is 0 Å². The number of likely N-dealkylation sites (tertiary alicyclic amines) is 1. The fourth-order valence-electron chi connectivity index (χ4n) is 3.57. The highest BCUT2D eigenvalue weighted by Crippen LogP contribution is 2.29. The molecule has 1 saturated heterocycles. The van der Waals surface area contributed by atoms with E-state index in [1.165, 1.54) is 12.8 Å². The van der Waals surface area contributed by atoms with Gasteiger partial charge in [0.05, 0.1) is 0 Å². The maximum Gasteiger partial charge on any atom is 0.326 e. The molecular weight excluding hydrogens is 242 g/mol. The lowest BCUT2D eigenvalue weighted by Crippen LogP contribution is -2.53. The summed E-state index contributed by atoms with van der Waals surface area (Å²) in [6, 6.07) is -0.607. The SMILES string of the molecule is CC1CCCN(C(=O)C2CCCCCC2)C1C(=O)O. The van der Waals surface area contributed by atoms with Crippen LogP contribution >= 0.6 is 0 Å². The fourth-order valence-corrected chi connectivity index (χ4v) is 3.57. The summed E-state index contributed by atoms with van der Waals surface area (Å²) in [5.41, 5.74) is 0. The van der Waals surface area contributed by atoms with E-state index in [-0.39, 0.29) is 17.7 Å². The predicted molar refractivity (Wildman–Crippen MR) is 72.7 cm³/mol. The molecular formula is C15H25NO3. The van der Waals surface area contributed by atoms with Crippen LogP contribution in [0.3, 0.4) is 0 Å². The van der Waals surface area contributed by atoms with Gasteiger partial charge >= 0.3 is 5.97 Å². The van der Waals surface area contributed by atoms with E-state index < -0.39 is 12.0 Å². The number of piperidine rings is 1. The van der Waals surface area contributed by atoms with Crippen molar-refractivity contribution >= 4 is 11.9 Å². The van der Waals surface area contributed by atoms with Crippen LogP contribution in [0.4, 0.5) is 0 Å². The second kappa shape index (κ2) is 6.40.